The van der Waals surface area contributed by atoms with Gasteiger partial charge in [0.05, 0.1) is 6.04 Å². The molecule has 0 spiro atoms. The van der Waals surface area contributed by atoms with E-state index >= 15 is 0 Å². The number of hydrogen-bond donors (Lipinski definition) is 1. The minimum Gasteiger partial charge on any atom is -0.508 e. The molecule has 1 N–H and O–H groups in total. The average molecular weight is 389 g/mol. The third-order valence-electron chi connectivity index (χ3n) is 1.67. The van der Waals surface area contributed by atoms with Crippen molar-refractivity contribution in [2.24, 2.45) is 0 Å². The quantitative estimate of drug-likeness (QED) is 0.619. The van der Waals surface area contributed by atoms with Gasteiger partial charge < -0.3 is 5.11 Å². The van der Waals surface area contributed by atoms with Crippen LogP contribution in [0, 0.1) is 0 Å². The van der Waals surface area contributed by atoms with E-state index in [4.69, 9.17) is 5.11 Å². The van der Waals surface area contributed by atoms with E-state index < -0.39 is 0 Å². The number of rotatable bonds is 2. The summed E-state index contributed by atoms with van der Waals surface area (Å²) in [6.07, 6.45) is 0. The first-order valence-corrected chi connectivity index (χ1v) is 5.44. The molecular weight excluding hydrogens is 380 g/mol. The predicted molar refractivity (Wildman–Crippen MR) is 66.4 cm³/mol. The molecule has 12 heavy (non-hydrogen) atoms. The van der Waals surface area contributed by atoms with Crippen LogP contribution >= 0.6 is 45.7 Å². The van der Waals surface area contributed by atoms with Crippen molar-refractivity contribution >= 4 is 45.7 Å². The summed E-state index contributed by atoms with van der Waals surface area (Å²) in [7, 11) is 0. The molecule has 4 heteroatoms. The van der Waals surface area contributed by atoms with Crippen LogP contribution in [0.4, 0.5) is 0 Å². The van der Waals surface area contributed by atoms with E-state index in [2.05, 4.69) is 54.0 Å². The molecule has 0 aromatic heterocycles. The fraction of sp³-hybridized carbons (Fsp3) is 0.250. The molecule has 0 aliphatic rings. The highest BCUT2D eigenvalue weighted by Crippen LogP contribution is 2.27. The molecule has 0 amide bonds. The van der Waals surface area contributed by atoms with Crippen molar-refractivity contribution < 1.29 is 5.11 Å². The summed E-state index contributed by atoms with van der Waals surface area (Å²) < 4.78 is 2.07. The van der Waals surface area contributed by atoms with Gasteiger partial charge in [0.1, 0.15) is 5.75 Å². The van der Waals surface area contributed by atoms with Gasteiger partial charge in [-0.15, -0.1) is 0 Å². The standard InChI is InChI=1S/C8H9I2NO/c1-6(11(9)10)7-2-4-8(12)5-3-7/h2-6,12H,1H3. The first-order valence-electron chi connectivity index (χ1n) is 3.51. The van der Waals surface area contributed by atoms with Crippen molar-refractivity contribution in [3.63, 3.8) is 0 Å². The van der Waals surface area contributed by atoms with Gasteiger partial charge >= 0.3 is 0 Å². The Hall–Kier alpha value is 0.440. The van der Waals surface area contributed by atoms with Crippen LogP contribution in [-0.2, 0) is 0 Å². The van der Waals surface area contributed by atoms with E-state index in [1.807, 2.05) is 12.1 Å². The Kier molecular flexibility index (Phi) is 4.04. The molecule has 1 atom stereocenters. The van der Waals surface area contributed by atoms with Gasteiger partial charge in [-0.1, -0.05) is 12.1 Å². The van der Waals surface area contributed by atoms with Crippen LogP contribution in [0.3, 0.4) is 0 Å². The zero-order valence-electron chi connectivity index (χ0n) is 6.54. The second-order valence-corrected chi connectivity index (χ2v) is 6.45. The molecule has 1 rings (SSSR count). The van der Waals surface area contributed by atoms with Crippen LogP contribution in [0.25, 0.3) is 0 Å². The molecule has 0 heterocycles. The highest BCUT2D eigenvalue weighted by Gasteiger charge is 2.09. The lowest BCUT2D eigenvalue weighted by Crippen LogP contribution is -2.03. The number of hydrogen-bond acceptors (Lipinski definition) is 2. The first-order chi connectivity index (χ1) is 5.61. The summed E-state index contributed by atoms with van der Waals surface area (Å²) in [6.45, 7) is 2.12. The maximum atomic E-state index is 9.06. The number of benzene rings is 1. The van der Waals surface area contributed by atoms with E-state index in [0.717, 1.165) is 0 Å². The SMILES string of the molecule is CC(c1ccc(O)cc1)N(I)I. The first kappa shape index (κ1) is 10.5. The fourth-order valence-electron chi connectivity index (χ4n) is 0.866. The summed E-state index contributed by atoms with van der Waals surface area (Å²) in [4.78, 5) is 0. The van der Waals surface area contributed by atoms with Crippen LogP contribution in [0.15, 0.2) is 24.3 Å². The third kappa shape index (κ3) is 2.74. The van der Waals surface area contributed by atoms with Crippen molar-refractivity contribution in [3.05, 3.63) is 29.8 Å². The molecule has 0 saturated carbocycles. The van der Waals surface area contributed by atoms with Crippen molar-refractivity contribution in [1.29, 1.82) is 0 Å². The minimum atomic E-state index is 0.319. The Morgan fingerprint density at radius 1 is 1.25 bits per heavy atom. The predicted octanol–water partition coefficient (Wildman–Crippen LogP) is 3.46. The lowest BCUT2D eigenvalue weighted by Gasteiger charge is -2.15. The zero-order valence-corrected chi connectivity index (χ0v) is 10.9. The molecule has 0 radical (unpaired) electrons. The molecule has 0 saturated heterocycles. The van der Waals surface area contributed by atoms with Gasteiger partial charge in [0.2, 0.25) is 0 Å². The Morgan fingerprint density at radius 2 is 1.75 bits per heavy atom. The monoisotopic (exact) mass is 389 g/mol. The Labute approximate surface area is 100.0 Å². The van der Waals surface area contributed by atoms with E-state index in [1.54, 1.807) is 12.1 Å². The summed E-state index contributed by atoms with van der Waals surface area (Å²) in [5.74, 6) is 0.319. The molecule has 1 aromatic rings. The topological polar surface area (TPSA) is 23.5 Å². The Morgan fingerprint density at radius 3 is 2.17 bits per heavy atom. The second-order valence-electron chi connectivity index (χ2n) is 2.53. The van der Waals surface area contributed by atoms with Crippen LogP contribution < -0.4 is 0 Å². The molecule has 2 nitrogen and oxygen atoms in total. The lowest BCUT2D eigenvalue weighted by atomic mass is 10.1. The highest BCUT2D eigenvalue weighted by atomic mass is 127. The number of aromatic hydroxyl groups is 1. The van der Waals surface area contributed by atoms with Crippen molar-refractivity contribution in [2.45, 2.75) is 13.0 Å². The molecule has 0 aliphatic carbocycles. The second kappa shape index (κ2) is 4.61. The van der Waals surface area contributed by atoms with Gasteiger partial charge in [0.25, 0.3) is 0 Å². The van der Waals surface area contributed by atoms with Crippen LogP contribution in [0.2, 0.25) is 0 Å². The van der Waals surface area contributed by atoms with Gasteiger partial charge in [0.15, 0.2) is 0 Å². The van der Waals surface area contributed by atoms with Gasteiger partial charge in [-0.2, -0.15) is 1.33 Å². The van der Waals surface area contributed by atoms with Gasteiger partial charge in [0, 0.05) is 45.7 Å². The largest absolute Gasteiger partial charge is 0.508 e. The molecule has 0 bridgehead atoms. The summed E-state index contributed by atoms with van der Waals surface area (Å²) in [5.41, 5.74) is 1.21. The molecule has 1 unspecified atom stereocenters. The Bertz CT molecular complexity index is 248. The molecule has 66 valence electrons. The van der Waals surface area contributed by atoms with Crippen molar-refractivity contribution in [1.82, 2.24) is 1.33 Å². The third-order valence-corrected chi connectivity index (χ3v) is 3.34. The summed E-state index contributed by atoms with van der Waals surface area (Å²) in [5, 5.41) is 9.06. The maximum absolute atomic E-state index is 9.06. The molecule has 1 aromatic carbocycles. The smallest absolute Gasteiger partial charge is 0.115 e. The maximum Gasteiger partial charge on any atom is 0.115 e. The fourth-order valence-corrected chi connectivity index (χ4v) is 1.51. The number of halogens is 2. The number of phenols is 1. The van der Waals surface area contributed by atoms with Crippen molar-refractivity contribution in [2.75, 3.05) is 0 Å². The van der Waals surface area contributed by atoms with E-state index in [1.165, 1.54) is 5.56 Å². The minimum absolute atomic E-state index is 0.319. The van der Waals surface area contributed by atoms with Gasteiger partial charge in [-0.3, -0.25) is 0 Å². The normalized spacial score (nSPS) is 13.3. The summed E-state index contributed by atoms with van der Waals surface area (Å²) >= 11 is 4.48. The molecular formula is C8H9I2NO. The van der Waals surface area contributed by atoms with Crippen molar-refractivity contribution in [3.8, 4) is 5.75 Å². The van der Waals surface area contributed by atoms with Gasteiger partial charge in [-0.05, 0) is 24.6 Å². The number of nitrogens with zero attached hydrogens (tertiary/aromatic N) is 1. The molecule has 0 fully saturated rings. The van der Waals surface area contributed by atoms with E-state index in [-0.39, 0.29) is 0 Å². The van der Waals surface area contributed by atoms with Gasteiger partial charge in [-0.25, -0.2) is 0 Å². The lowest BCUT2D eigenvalue weighted by molar-refractivity contribution is 0.474. The van der Waals surface area contributed by atoms with Crippen LogP contribution in [-0.4, -0.2) is 6.43 Å². The Balaban J connectivity index is 2.82. The zero-order chi connectivity index (χ0) is 9.14. The highest BCUT2D eigenvalue weighted by molar-refractivity contribution is 14.2. The molecule has 0 aliphatic heterocycles. The number of phenolic OH excluding ortho intramolecular Hbond substituents is 1. The summed E-state index contributed by atoms with van der Waals surface area (Å²) in [6, 6.07) is 7.66. The van der Waals surface area contributed by atoms with Crippen LogP contribution in [0.1, 0.15) is 18.5 Å². The van der Waals surface area contributed by atoms with Crippen LogP contribution in [0.5, 0.6) is 5.75 Å². The van der Waals surface area contributed by atoms with E-state index in [0.29, 0.717) is 11.8 Å². The average Bonchev–Trinajstić information content (AvgIpc) is 2.04. The van der Waals surface area contributed by atoms with E-state index in [9.17, 15) is 0 Å².